The number of carbonyl (C=O) groups is 1. The van der Waals surface area contributed by atoms with Crippen LogP contribution in [0.15, 0.2) is 0 Å². The van der Waals surface area contributed by atoms with E-state index in [0.717, 1.165) is 12.8 Å². The van der Waals surface area contributed by atoms with Crippen molar-refractivity contribution >= 4 is 18.6 Å². The zero-order chi connectivity index (χ0) is 9.23. The smallest absolute Gasteiger partial charge is 0.306 e. The molecule has 0 N–H and O–H groups in total. The van der Waals surface area contributed by atoms with Crippen molar-refractivity contribution in [2.24, 2.45) is 0 Å². The van der Waals surface area contributed by atoms with Crippen LogP contribution < -0.4 is 0 Å². The van der Waals surface area contributed by atoms with Gasteiger partial charge in [0.25, 0.3) is 0 Å². The quantitative estimate of drug-likeness (QED) is 0.379. The second-order valence-electron chi connectivity index (χ2n) is 2.75. The van der Waals surface area contributed by atoms with Gasteiger partial charge in [-0.25, -0.2) is 0 Å². The molecule has 12 heavy (non-hydrogen) atoms. The summed E-state index contributed by atoms with van der Waals surface area (Å²) in [5, 5.41) is 0. The van der Waals surface area contributed by atoms with Crippen molar-refractivity contribution in [1.29, 1.82) is 0 Å². The van der Waals surface area contributed by atoms with Crippen molar-refractivity contribution in [3.8, 4) is 0 Å². The van der Waals surface area contributed by atoms with Crippen LogP contribution in [0.5, 0.6) is 0 Å². The lowest BCUT2D eigenvalue weighted by atomic mass is 10.2. The highest BCUT2D eigenvalue weighted by atomic mass is 32.1. The minimum atomic E-state index is -0.124. The molecule has 72 valence electrons. The second-order valence-corrected chi connectivity index (χ2v) is 3.20. The lowest BCUT2D eigenvalue weighted by Crippen LogP contribution is -2.05. The highest BCUT2D eigenvalue weighted by Gasteiger charge is 1.99. The van der Waals surface area contributed by atoms with Crippen LogP contribution in [0.3, 0.4) is 0 Å². The van der Waals surface area contributed by atoms with Crippen LogP contribution in [0.2, 0.25) is 0 Å². The van der Waals surface area contributed by atoms with Crippen molar-refractivity contribution in [3.05, 3.63) is 0 Å². The normalized spacial score (nSPS) is 9.83. The van der Waals surface area contributed by atoms with Crippen LogP contribution >= 0.6 is 12.6 Å². The van der Waals surface area contributed by atoms with Gasteiger partial charge < -0.3 is 4.74 Å². The summed E-state index contributed by atoms with van der Waals surface area (Å²) in [5.74, 6) is 0.454. The summed E-state index contributed by atoms with van der Waals surface area (Å²) < 4.78 is 4.94. The number of unbranched alkanes of at least 4 members (excludes halogenated alkanes) is 3. The summed E-state index contributed by atoms with van der Waals surface area (Å²) in [7, 11) is 0. The first-order chi connectivity index (χ1) is 5.81. The maximum atomic E-state index is 10.8. The molecule has 0 fully saturated rings. The Morgan fingerprint density at radius 2 is 2.08 bits per heavy atom. The van der Waals surface area contributed by atoms with Gasteiger partial charge in [0.2, 0.25) is 0 Å². The van der Waals surface area contributed by atoms with E-state index in [-0.39, 0.29) is 5.97 Å². The van der Waals surface area contributed by atoms with Gasteiger partial charge in [0.15, 0.2) is 0 Å². The Morgan fingerprint density at radius 3 is 2.67 bits per heavy atom. The molecule has 0 aromatic heterocycles. The van der Waals surface area contributed by atoms with Gasteiger partial charge >= 0.3 is 5.97 Å². The Kier molecular flexibility index (Phi) is 8.78. The van der Waals surface area contributed by atoms with Gasteiger partial charge in [0.1, 0.15) is 0 Å². The molecule has 0 unspecified atom stereocenters. The molecular formula is C9H18O2S. The fraction of sp³-hybridized carbons (Fsp3) is 0.889. The number of rotatable bonds is 7. The molecule has 0 amide bonds. The number of hydrogen-bond donors (Lipinski definition) is 1. The highest BCUT2D eigenvalue weighted by Crippen LogP contribution is 1.99. The maximum Gasteiger partial charge on any atom is 0.306 e. The molecule has 2 nitrogen and oxygen atoms in total. The van der Waals surface area contributed by atoms with E-state index in [2.05, 4.69) is 19.6 Å². The third kappa shape index (κ3) is 7.92. The molecule has 0 aliphatic rings. The first-order valence-corrected chi connectivity index (χ1v) is 5.21. The molecule has 0 spiro atoms. The Morgan fingerprint density at radius 1 is 1.33 bits per heavy atom. The second kappa shape index (κ2) is 8.91. The van der Waals surface area contributed by atoms with E-state index < -0.39 is 0 Å². The van der Waals surface area contributed by atoms with Gasteiger partial charge in [-0.1, -0.05) is 26.2 Å². The summed E-state index contributed by atoms with van der Waals surface area (Å²) in [6.07, 6.45) is 5.02. The zero-order valence-corrected chi connectivity index (χ0v) is 8.61. The third-order valence-electron chi connectivity index (χ3n) is 1.58. The summed E-state index contributed by atoms with van der Waals surface area (Å²) in [6, 6.07) is 0. The summed E-state index contributed by atoms with van der Waals surface area (Å²) >= 11 is 3.94. The Balaban J connectivity index is 3.03. The molecule has 0 atom stereocenters. The van der Waals surface area contributed by atoms with Crippen molar-refractivity contribution in [2.45, 2.75) is 39.0 Å². The predicted octanol–water partition coefficient (Wildman–Crippen LogP) is 2.43. The third-order valence-corrected chi connectivity index (χ3v) is 1.80. The Hall–Kier alpha value is -0.180. The fourth-order valence-corrected chi connectivity index (χ4v) is 1.06. The standard InChI is InChI=1S/C9H18O2S/c1-2-3-4-5-7-11-9(10)6-8-12/h12H,2-8H2,1H3. The molecule has 0 bridgehead atoms. The van der Waals surface area contributed by atoms with Gasteiger partial charge in [-0.3, -0.25) is 4.79 Å². The van der Waals surface area contributed by atoms with E-state index in [0.29, 0.717) is 18.8 Å². The van der Waals surface area contributed by atoms with E-state index in [1.165, 1.54) is 12.8 Å². The topological polar surface area (TPSA) is 26.3 Å². The minimum absolute atomic E-state index is 0.124. The van der Waals surface area contributed by atoms with Crippen molar-refractivity contribution < 1.29 is 9.53 Å². The van der Waals surface area contributed by atoms with Gasteiger partial charge in [-0.2, -0.15) is 12.6 Å². The lowest BCUT2D eigenvalue weighted by Gasteiger charge is -2.02. The number of carbonyl (C=O) groups excluding carboxylic acids is 1. The molecule has 0 heterocycles. The van der Waals surface area contributed by atoms with Crippen LogP contribution in [0.4, 0.5) is 0 Å². The maximum absolute atomic E-state index is 10.8. The van der Waals surface area contributed by atoms with Gasteiger partial charge in [0, 0.05) is 5.75 Å². The fourth-order valence-electron chi connectivity index (χ4n) is 0.878. The number of esters is 1. The molecule has 0 aromatic carbocycles. The molecular weight excluding hydrogens is 172 g/mol. The molecule has 0 radical (unpaired) electrons. The van der Waals surface area contributed by atoms with Crippen molar-refractivity contribution in [2.75, 3.05) is 12.4 Å². The molecule has 0 aliphatic heterocycles. The molecule has 0 aliphatic carbocycles. The van der Waals surface area contributed by atoms with Gasteiger partial charge in [-0.15, -0.1) is 0 Å². The van der Waals surface area contributed by atoms with Crippen LogP contribution in [0, 0.1) is 0 Å². The molecule has 0 saturated heterocycles. The molecule has 0 aromatic rings. The minimum Gasteiger partial charge on any atom is -0.466 e. The van der Waals surface area contributed by atoms with Crippen LogP contribution in [-0.2, 0) is 9.53 Å². The number of thiol groups is 1. The molecule has 0 rings (SSSR count). The SMILES string of the molecule is CCCCCCOC(=O)CCS. The summed E-state index contributed by atoms with van der Waals surface area (Å²) in [6.45, 7) is 2.74. The highest BCUT2D eigenvalue weighted by molar-refractivity contribution is 7.80. The Labute approximate surface area is 80.1 Å². The van der Waals surface area contributed by atoms with E-state index in [9.17, 15) is 4.79 Å². The van der Waals surface area contributed by atoms with Gasteiger partial charge in [0.05, 0.1) is 13.0 Å². The summed E-state index contributed by atoms with van der Waals surface area (Å²) in [4.78, 5) is 10.8. The zero-order valence-electron chi connectivity index (χ0n) is 7.71. The predicted molar refractivity (Wildman–Crippen MR) is 53.6 cm³/mol. The lowest BCUT2D eigenvalue weighted by molar-refractivity contribution is -0.143. The van der Waals surface area contributed by atoms with E-state index in [4.69, 9.17) is 4.74 Å². The monoisotopic (exact) mass is 190 g/mol. The van der Waals surface area contributed by atoms with Crippen LogP contribution in [-0.4, -0.2) is 18.3 Å². The van der Waals surface area contributed by atoms with Crippen LogP contribution in [0.25, 0.3) is 0 Å². The number of ether oxygens (including phenoxy) is 1. The first kappa shape index (κ1) is 11.8. The Bertz CT molecular complexity index is 115. The van der Waals surface area contributed by atoms with E-state index in [1.807, 2.05) is 0 Å². The van der Waals surface area contributed by atoms with Crippen molar-refractivity contribution in [3.63, 3.8) is 0 Å². The first-order valence-electron chi connectivity index (χ1n) is 4.57. The van der Waals surface area contributed by atoms with E-state index in [1.54, 1.807) is 0 Å². The van der Waals surface area contributed by atoms with E-state index >= 15 is 0 Å². The average molecular weight is 190 g/mol. The van der Waals surface area contributed by atoms with Gasteiger partial charge in [-0.05, 0) is 6.42 Å². The number of hydrogen-bond acceptors (Lipinski definition) is 3. The molecule has 3 heteroatoms. The average Bonchev–Trinajstić information content (AvgIpc) is 2.05. The van der Waals surface area contributed by atoms with Crippen molar-refractivity contribution in [1.82, 2.24) is 0 Å². The summed E-state index contributed by atoms with van der Waals surface area (Å²) in [5.41, 5.74) is 0. The largest absolute Gasteiger partial charge is 0.466 e. The molecule has 0 saturated carbocycles. The van der Waals surface area contributed by atoms with Crippen LogP contribution in [0.1, 0.15) is 39.0 Å².